The lowest BCUT2D eigenvalue weighted by Crippen LogP contribution is -2.64. The van der Waals surface area contributed by atoms with E-state index in [1.807, 2.05) is 0 Å². The number of rotatable bonds is 38. The van der Waals surface area contributed by atoms with Crippen molar-refractivity contribution in [3.05, 3.63) is 85.1 Å². The molecular weight excluding hydrogens is 812 g/mol. The predicted octanol–water partition coefficient (Wildman–Crippen LogP) is 9.75. The van der Waals surface area contributed by atoms with Crippen LogP contribution in [0.25, 0.3) is 0 Å². The van der Waals surface area contributed by atoms with Gasteiger partial charge in [0.25, 0.3) is 0 Å². The zero-order chi connectivity index (χ0) is 45.5. The second kappa shape index (κ2) is 38.9. The molecule has 0 saturated heterocycles. The number of aliphatic hydroxyl groups is 5. The molecule has 6 unspecified atom stereocenters. The highest BCUT2D eigenvalue weighted by atomic mass is 31.2. The van der Waals surface area contributed by atoms with Gasteiger partial charge in [-0.15, -0.1) is 0 Å². The van der Waals surface area contributed by atoms with Gasteiger partial charge in [-0.3, -0.25) is 13.8 Å². The van der Waals surface area contributed by atoms with Crippen molar-refractivity contribution in [1.82, 2.24) is 0 Å². The first-order chi connectivity index (χ1) is 30.0. The fourth-order valence-electron chi connectivity index (χ4n) is 6.59. The maximum atomic E-state index is 12.8. The number of esters is 1. The molecule has 0 heterocycles. The van der Waals surface area contributed by atoms with Gasteiger partial charge in [0.2, 0.25) is 0 Å². The average molecular weight is 895 g/mol. The van der Waals surface area contributed by atoms with Gasteiger partial charge in [0, 0.05) is 13.0 Å². The molecule has 0 aromatic carbocycles. The Labute approximate surface area is 373 Å². The van der Waals surface area contributed by atoms with E-state index in [-0.39, 0.29) is 13.0 Å². The smallest absolute Gasteiger partial charge is 0.457 e. The lowest BCUT2D eigenvalue weighted by molar-refractivity contribution is -0.220. The lowest BCUT2D eigenvalue weighted by atomic mass is 9.85. The molecule has 0 aliphatic heterocycles. The number of carbonyl (C=O) groups excluding carboxylic acids is 1. The SMILES string of the molecule is CC/C=C\C/C=C\C/C=C\C/C=C\CCCCCCCCCCCOCC(COP(=O)(O)OC1C(O)C(O)C(O)C(O)C1O)OC(=O)CCCCC/C=C\C/C=C\C/C=C\CC. The van der Waals surface area contributed by atoms with Gasteiger partial charge in [0.05, 0.1) is 13.2 Å². The van der Waals surface area contributed by atoms with Gasteiger partial charge in [0.15, 0.2) is 0 Å². The summed E-state index contributed by atoms with van der Waals surface area (Å²) in [7, 11) is -5.03. The lowest BCUT2D eigenvalue weighted by Gasteiger charge is -2.41. The molecule has 1 saturated carbocycles. The Kier molecular flexibility index (Phi) is 36.1. The molecular formula is C49H83O12P. The third-order valence-electron chi connectivity index (χ3n) is 10.3. The maximum absolute atomic E-state index is 12.8. The van der Waals surface area contributed by atoms with Crippen molar-refractivity contribution < 1.29 is 58.3 Å². The minimum atomic E-state index is -5.03. The maximum Gasteiger partial charge on any atom is 0.472 e. The van der Waals surface area contributed by atoms with E-state index in [0.717, 1.165) is 96.3 Å². The number of phosphoric acid groups is 1. The molecule has 0 aromatic heterocycles. The highest BCUT2D eigenvalue weighted by molar-refractivity contribution is 7.47. The van der Waals surface area contributed by atoms with Crippen LogP contribution in [-0.4, -0.2) is 98.9 Å². The van der Waals surface area contributed by atoms with Crippen molar-refractivity contribution in [2.75, 3.05) is 19.8 Å². The van der Waals surface area contributed by atoms with Crippen LogP contribution >= 0.6 is 7.82 Å². The number of hydrogen-bond acceptors (Lipinski definition) is 11. The first kappa shape index (κ1) is 57.5. The molecule has 0 aromatic rings. The van der Waals surface area contributed by atoms with Crippen LogP contribution in [0.5, 0.6) is 0 Å². The van der Waals surface area contributed by atoms with Crippen LogP contribution in [-0.2, 0) is 27.9 Å². The van der Waals surface area contributed by atoms with Gasteiger partial charge in [-0.05, 0) is 83.5 Å². The zero-order valence-electron chi connectivity index (χ0n) is 37.9. The summed E-state index contributed by atoms with van der Waals surface area (Å²) in [4.78, 5) is 23.1. The summed E-state index contributed by atoms with van der Waals surface area (Å²) in [5, 5.41) is 50.2. The largest absolute Gasteiger partial charge is 0.472 e. The van der Waals surface area contributed by atoms with E-state index in [1.54, 1.807) is 0 Å². The molecule has 0 amide bonds. The highest BCUT2D eigenvalue weighted by Crippen LogP contribution is 2.47. The summed E-state index contributed by atoms with van der Waals surface area (Å²) in [6.45, 7) is 3.96. The average Bonchev–Trinajstić information content (AvgIpc) is 3.26. The van der Waals surface area contributed by atoms with Crippen LogP contribution < -0.4 is 0 Å². The first-order valence-electron chi connectivity index (χ1n) is 23.4. The summed E-state index contributed by atoms with van der Waals surface area (Å²) < 4.78 is 34.1. The number of hydrogen-bond donors (Lipinski definition) is 6. The van der Waals surface area contributed by atoms with E-state index in [0.29, 0.717) is 13.0 Å². The number of ether oxygens (including phenoxy) is 2. The number of carbonyl (C=O) groups is 1. The molecule has 1 rings (SSSR count). The van der Waals surface area contributed by atoms with Crippen molar-refractivity contribution in [2.45, 2.75) is 198 Å². The van der Waals surface area contributed by atoms with E-state index in [9.17, 15) is 39.8 Å². The number of unbranched alkanes of at least 4 members (excludes halogenated alkanes) is 12. The Bertz CT molecular complexity index is 1340. The van der Waals surface area contributed by atoms with Gasteiger partial charge in [-0.25, -0.2) is 4.57 Å². The third-order valence-corrected chi connectivity index (χ3v) is 11.2. The van der Waals surface area contributed by atoms with Crippen LogP contribution in [0.15, 0.2) is 85.1 Å². The van der Waals surface area contributed by atoms with Crippen molar-refractivity contribution in [3.63, 3.8) is 0 Å². The van der Waals surface area contributed by atoms with Crippen molar-refractivity contribution in [1.29, 1.82) is 0 Å². The van der Waals surface area contributed by atoms with E-state index in [2.05, 4.69) is 98.9 Å². The summed E-state index contributed by atoms with van der Waals surface area (Å²) in [6, 6.07) is 0. The van der Waals surface area contributed by atoms with Gasteiger partial charge in [-0.2, -0.15) is 0 Å². The molecule has 12 nitrogen and oxygen atoms in total. The molecule has 1 fully saturated rings. The van der Waals surface area contributed by atoms with Gasteiger partial charge in [0.1, 0.15) is 42.7 Å². The molecule has 1 aliphatic rings. The molecule has 6 N–H and O–H groups in total. The number of phosphoric ester groups is 1. The molecule has 0 spiro atoms. The van der Waals surface area contributed by atoms with E-state index < -0.39 is 63.1 Å². The Morgan fingerprint density at radius 2 is 0.903 bits per heavy atom. The quantitative estimate of drug-likeness (QED) is 0.0149. The van der Waals surface area contributed by atoms with Crippen LogP contribution in [0.1, 0.15) is 155 Å². The fourth-order valence-corrected chi connectivity index (χ4v) is 7.57. The second-order valence-electron chi connectivity index (χ2n) is 15.8. The Balaban J connectivity index is 2.38. The topological polar surface area (TPSA) is 192 Å². The van der Waals surface area contributed by atoms with Crippen LogP contribution in [0.3, 0.4) is 0 Å². The van der Waals surface area contributed by atoms with Crippen LogP contribution in [0.4, 0.5) is 0 Å². The zero-order valence-corrected chi connectivity index (χ0v) is 38.8. The molecule has 62 heavy (non-hydrogen) atoms. The molecule has 0 radical (unpaired) electrons. The van der Waals surface area contributed by atoms with Crippen molar-refractivity contribution >= 4 is 13.8 Å². The van der Waals surface area contributed by atoms with E-state index >= 15 is 0 Å². The summed E-state index contributed by atoms with van der Waals surface area (Å²) in [5.41, 5.74) is 0. The normalized spacial score (nSPS) is 22.8. The predicted molar refractivity (Wildman–Crippen MR) is 248 cm³/mol. The molecule has 13 heteroatoms. The van der Waals surface area contributed by atoms with E-state index in [1.165, 1.54) is 32.1 Å². The molecule has 356 valence electrons. The Hall–Kier alpha value is -2.48. The van der Waals surface area contributed by atoms with E-state index in [4.69, 9.17) is 18.5 Å². The standard InChI is InChI=1S/C49H83O12P/c1-3-5-7-9-11-13-15-17-18-19-20-21-22-23-24-25-27-29-31-33-35-37-39-58-40-42(41-59-62(56,57)61-49-47(54)45(52)44(51)46(53)48(49)55)60-43(50)38-36-34-32-30-28-26-16-14-12-10-8-6-4-2/h5-8,11-14,17-18,20-21,26,28,42,44-49,51-55H,3-4,9-10,15-16,19,22-25,27,29-41H2,1-2H3,(H,56,57)/b7-5-,8-6-,13-11-,14-12-,18-17-,21-20-,28-26-. The van der Waals surface area contributed by atoms with Crippen LogP contribution in [0.2, 0.25) is 0 Å². The Morgan fingerprint density at radius 1 is 0.516 bits per heavy atom. The third kappa shape index (κ3) is 30.6. The minimum absolute atomic E-state index is 0.0981. The number of aliphatic hydroxyl groups excluding tert-OH is 5. The fraction of sp³-hybridized carbons (Fsp3) is 0.694. The first-order valence-corrected chi connectivity index (χ1v) is 24.9. The van der Waals surface area contributed by atoms with Crippen molar-refractivity contribution in [2.24, 2.45) is 0 Å². The second-order valence-corrected chi connectivity index (χ2v) is 17.2. The molecule has 1 aliphatic carbocycles. The van der Waals surface area contributed by atoms with Crippen molar-refractivity contribution in [3.8, 4) is 0 Å². The molecule has 0 bridgehead atoms. The summed E-state index contributed by atoms with van der Waals surface area (Å²) >= 11 is 0. The Morgan fingerprint density at radius 3 is 1.37 bits per heavy atom. The van der Waals surface area contributed by atoms with Gasteiger partial charge in [-0.1, -0.05) is 150 Å². The summed E-state index contributed by atoms with van der Waals surface area (Å²) in [5.74, 6) is -0.512. The summed E-state index contributed by atoms with van der Waals surface area (Å²) in [6.07, 6.45) is 39.4. The highest BCUT2D eigenvalue weighted by Gasteiger charge is 2.51. The van der Waals surface area contributed by atoms with Gasteiger partial charge < -0.3 is 39.9 Å². The molecule has 6 atom stereocenters. The number of allylic oxidation sites excluding steroid dienone is 14. The van der Waals surface area contributed by atoms with Gasteiger partial charge >= 0.3 is 13.8 Å². The minimum Gasteiger partial charge on any atom is -0.457 e. The monoisotopic (exact) mass is 895 g/mol. The van der Waals surface area contributed by atoms with Crippen LogP contribution in [0, 0.1) is 0 Å².